The number of rotatable bonds is 0. The molecule has 0 amide bonds. The molecule has 3 rings (SSSR count). The summed E-state index contributed by atoms with van der Waals surface area (Å²) in [5, 5.41) is 4.15. The Morgan fingerprint density at radius 1 is 1.38 bits per heavy atom. The molecule has 0 unspecified atom stereocenters. The van der Waals surface area contributed by atoms with E-state index < -0.39 is 0 Å². The Bertz CT molecular complexity index is 575. The van der Waals surface area contributed by atoms with Crippen LogP contribution in [0, 0.1) is 0 Å². The van der Waals surface area contributed by atoms with Crippen LogP contribution in [0.3, 0.4) is 0 Å². The van der Waals surface area contributed by atoms with Crippen molar-refractivity contribution in [3.05, 3.63) is 24.5 Å². The van der Waals surface area contributed by atoms with E-state index in [1.165, 1.54) is 0 Å². The molecule has 0 atom stereocenters. The highest BCUT2D eigenvalue weighted by atomic mass is 15.3. The van der Waals surface area contributed by atoms with Gasteiger partial charge < -0.3 is 4.98 Å². The van der Waals surface area contributed by atoms with Gasteiger partial charge in [-0.05, 0) is 12.1 Å². The first-order chi connectivity index (χ1) is 6.36. The molecule has 0 saturated heterocycles. The molecule has 0 spiro atoms. The Morgan fingerprint density at radius 3 is 3.23 bits per heavy atom. The lowest BCUT2D eigenvalue weighted by atomic mass is 10.3. The predicted octanol–water partition coefficient (Wildman–Crippen LogP) is 1.45. The number of hydrogen-bond donors (Lipinski definition) is 1. The van der Waals surface area contributed by atoms with E-state index in [9.17, 15) is 0 Å². The third kappa shape index (κ3) is 0.744. The number of nitrogens with zero attached hydrogens (tertiary/aromatic N) is 3. The number of pyridine rings is 1. The summed E-state index contributed by atoms with van der Waals surface area (Å²) in [7, 11) is 1.92. The third-order valence-electron chi connectivity index (χ3n) is 2.24. The Kier molecular flexibility index (Phi) is 1.07. The number of H-pyrrole nitrogens is 1. The second-order valence-electron chi connectivity index (χ2n) is 3.06. The zero-order chi connectivity index (χ0) is 8.84. The quantitative estimate of drug-likeness (QED) is 0.557. The van der Waals surface area contributed by atoms with Gasteiger partial charge in [0.1, 0.15) is 11.0 Å². The van der Waals surface area contributed by atoms with Gasteiger partial charge in [0.05, 0.1) is 17.2 Å². The van der Waals surface area contributed by atoms with Gasteiger partial charge in [-0.3, -0.25) is 9.67 Å². The normalized spacial score (nSPS) is 11.5. The fraction of sp³-hybridized carbons (Fsp3) is 0.111. The van der Waals surface area contributed by atoms with Crippen LogP contribution in [-0.2, 0) is 7.05 Å². The van der Waals surface area contributed by atoms with Gasteiger partial charge in [0.15, 0.2) is 0 Å². The highest BCUT2D eigenvalue weighted by molar-refractivity contribution is 6.02. The highest BCUT2D eigenvalue weighted by Crippen LogP contribution is 2.21. The molecule has 0 aromatic carbocycles. The van der Waals surface area contributed by atoms with Crippen LogP contribution in [-0.4, -0.2) is 19.7 Å². The molecule has 0 saturated carbocycles. The maximum absolute atomic E-state index is 4.31. The van der Waals surface area contributed by atoms with E-state index in [-0.39, 0.29) is 0 Å². The molecule has 1 N–H and O–H groups in total. The van der Waals surface area contributed by atoms with E-state index >= 15 is 0 Å². The molecule has 0 aliphatic carbocycles. The number of nitrogens with one attached hydrogen (secondary N) is 1. The van der Waals surface area contributed by atoms with Crippen LogP contribution in [0.5, 0.6) is 0 Å². The minimum absolute atomic E-state index is 0.984. The van der Waals surface area contributed by atoms with E-state index in [1.54, 1.807) is 6.20 Å². The van der Waals surface area contributed by atoms with E-state index in [0.717, 1.165) is 22.1 Å². The molecule has 64 valence electrons. The maximum Gasteiger partial charge on any atom is 0.114 e. The molecule has 4 nitrogen and oxygen atoms in total. The summed E-state index contributed by atoms with van der Waals surface area (Å²) in [6.07, 6.45) is 3.61. The summed E-state index contributed by atoms with van der Waals surface area (Å²) in [4.78, 5) is 7.56. The summed E-state index contributed by atoms with van der Waals surface area (Å²) in [5.41, 5.74) is 4.15. The van der Waals surface area contributed by atoms with Gasteiger partial charge in [0.2, 0.25) is 0 Å². The van der Waals surface area contributed by atoms with Crippen molar-refractivity contribution < 1.29 is 0 Å². The molecule has 0 aliphatic rings. The van der Waals surface area contributed by atoms with E-state index in [1.807, 2.05) is 30.1 Å². The molecule has 0 fully saturated rings. The van der Waals surface area contributed by atoms with Crippen molar-refractivity contribution in [2.24, 2.45) is 7.05 Å². The molecule has 3 aromatic rings. The maximum atomic E-state index is 4.31. The van der Waals surface area contributed by atoms with Gasteiger partial charge in [0.25, 0.3) is 0 Å². The molecular weight excluding hydrogens is 164 g/mol. The largest absolute Gasteiger partial charge is 0.351 e. The summed E-state index contributed by atoms with van der Waals surface area (Å²) < 4.78 is 1.83. The lowest BCUT2D eigenvalue weighted by molar-refractivity contribution is 0.798. The van der Waals surface area contributed by atoms with Crippen LogP contribution >= 0.6 is 0 Å². The van der Waals surface area contributed by atoms with Gasteiger partial charge in [-0.1, -0.05) is 0 Å². The van der Waals surface area contributed by atoms with Crippen LogP contribution in [0.2, 0.25) is 0 Å². The minimum atomic E-state index is 0.984. The molecule has 4 heteroatoms. The van der Waals surface area contributed by atoms with Crippen LogP contribution in [0.1, 0.15) is 0 Å². The van der Waals surface area contributed by atoms with Crippen LogP contribution in [0.4, 0.5) is 0 Å². The van der Waals surface area contributed by atoms with Gasteiger partial charge in [-0.2, -0.15) is 5.10 Å². The summed E-state index contributed by atoms with van der Waals surface area (Å²) in [6, 6.07) is 3.94. The third-order valence-corrected chi connectivity index (χ3v) is 2.24. The van der Waals surface area contributed by atoms with Gasteiger partial charge in [-0.25, -0.2) is 0 Å². The zero-order valence-electron chi connectivity index (χ0n) is 7.15. The van der Waals surface area contributed by atoms with Crippen molar-refractivity contribution in [3.8, 4) is 0 Å². The molecule has 0 bridgehead atoms. The number of aryl methyl sites for hydroxylation is 1. The van der Waals surface area contributed by atoms with E-state index in [2.05, 4.69) is 15.1 Å². The van der Waals surface area contributed by atoms with Crippen molar-refractivity contribution in [3.63, 3.8) is 0 Å². The van der Waals surface area contributed by atoms with Crippen LogP contribution < -0.4 is 0 Å². The fourth-order valence-corrected chi connectivity index (χ4v) is 1.65. The van der Waals surface area contributed by atoms with Gasteiger partial charge in [0, 0.05) is 13.2 Å². The summed E-state index contributed by atoms with van der Waals surface area (Å²) in [6.45, 7) is 0. The minimum Gasteiger partial charge on any atom is -0.351 e. The molecular formula is C9H8N4. The highest BCUT2D eigenvalue weighted by Gasteiger charge is 2.07. The predicted molar refractivity (Wildman–Crippen MR) is 50.4 cm³/mol. The molecule has 3 heterocycles. The van der Waals surface area contributed by atoms with Crippen molar-refractivity contribution >= 4 is 22.1 Å². The second kappa shape index (κ2) is 2.10. The Morgan fingerprint density at radius 2 is 2.31 bits per heavy atom. The lowest BCUT2D eigenvalue weighted by Crippen LogP contribution is -1.88. The van der Waals surface area contributed by atoms with Gasteiger partial charge in [-0.15, -0.1) is 0 Å². The standard InChI is InChI=1S/C9H8N4/c1-13-9-7(5-11-13)12-6-3-2-4-10-8(6)9/h2-5,12H,1H3. The van der Waals surface area contributed by atoms with Crippen molar-refractivity contribution in [1.29, 1.82) is 0 Å². The molecule has 0 aliphatic heterocycles. The molecule has 3 aromatic heterocycles. The summed E-state index contributed by atoms with van der Waals surface area (Å²) in [5.74, 6) is 0. The monoisotopic (exact) mass is 172 g/mol. The first-order valence-electron chi connectivity index (χ1n) is 4.10. The number of aromatic nitrogens is 4. The zero-order valence-corrected chi connectivity index (χ0v) is 7.15. The van der Waals surface area contributed by atoms with Gasteiger partial charge >= 0.3 is 0 Å². The van der Waals surface area contributed by atoms with Crippen LogP contribution in [0.15, 0.2) is 24.5 Å². The fourth-order valence-electron chi connectivity index (χ4n) is 1.65. The Hall–Kier alpha value is -1.84. The number of hydrogen-bond acceptors (Lipinski definition) is 2. The molecule has 0 radical (unpaired) electrons. The SMILES string of the molecule is Cn1ncc2[nH]c3cccnc3c21. The second-order valence-corrected chi connectivity index (χ2v) is 3.06. The lowest BCUT2D eigenvalue weighted by Gasteiger charge is -1.90. The molecule has 13 heavy (non-hydrogen) atoms. The average Bonchev–Trinajstić information content (AvgIpc) is 2.66. The van der Waals surface area contributed by atoms with E-state index in [0.29, 0.717) is 0 Å². The van der Waals surface area contributed by atoms with E-state index in [4.69, 9.17) is 0 Å². The topological polar surface area (TPSA) is 46.5 Å². The summed E-state index contributed by atoms with van der Waals surface area (Å²) >= 11 is 0. The Labute approximate surface area is 74.2 Å². The number of aromatic amines is 1. The first kappa shape index (κ1) is 6.65. The van der Waals surface area contributed by atoms with Crippen LogP contribution in [0.25, 0.3) is 22.1 Å². The van der Waals surface area contributed by atoms with Crippen molar-refractivity contribution in [2.75, 3.05) is 0 Å². The Balaban J connectivity index is 2.66. The first-order valence-corrected chi connectivity index (χ1v) is 4.10. The number of fused-ring (bicyclic) bond motifs is 3. The van der Waals surface area contributed by atoms with Crippen molar-refractivity contribution in [2.45, 2.75) is 0 Å². The van der Waals surface area contributed by atoms with Crippen molar-refractivity contribution in [1.82, 2.24) is 19.7 Å². The smallest absolute Gasteiger partial charge is 0.114 e. The average molecular weight is 172 g/mol.